The first-order chi connectivity index (χ1) is 10.2. The van der Waals surface area contributed by atoms with E-state index in [1.54, 1.807) is 6.07 Å². The van der Waals surface area contributed by atoms with E-state index in [0.717, 1.165) is 0 Å². The van der Waals surface area contributed by atoms with Gasteiger partial charge in [0.05, 0.1) is 29.8 Å². The van der Waals surface area contributed by atoms with E-state index in [-0.39, 0.29) is 41.8 Å². The summed E-state index contributed by atoms with van der Waals surface area (Å²) in [6.45, 7) is 0.219. The van der Waals surface area contributed by atoms with E-state index in [9.17, 15) is 18.0 Å². The van der Waals surface area contributed by atoms with Gasteiger partial charge in [-0.05, 0) is 18.2 Å². The van der Waals surface area contributed by atoms with Gasteiger partial charge in [-0.2, -0.15) is 0 Å². The Morgan fingerprint density at radius 2 is 2.14 bits per heavy atom. The Bertz CT molecular complexity index is 716. The molecule has 1 aromatic carbocycles. The van der Waals surface area contributed by atoms with Gasteiger partial charge in [0, 0.05) is 18.9 Å². The molecule has 0 spiro atoms. The minimum Gasteiger partial charge on any atom is -0.465 e. The van der Waals surface area contributed by atoms with E-state index in [0.29, 0.717) is 5.69 Å². The lowest BCUT2D eigenvalue weighted by Gasteiger charge is -2.19. The molecule has 1 heterocycles. The number of anilines is 2. The van der Waals surface area contributed by atoms with Crippen molar-refractivity contribution in [2.75, 3.05) is 30.0 Å². The van der Waals surface area contributed by atoms with Crippen LogP contribution in [0.5, 0.6) is 0 Å². The van der Waals surface area contributed by atoms with Gasteiger partial charge in [-0.3, -0.25) is 4.79 Å². The van der Waals surface area contributed by atoms with Crippen LogP contribution in [0.3, 0.4) is 0 Å². The van der Waals surface area contributed by atoms with Crippen LogP contribution in [0.15, 0.2) is 18.2 Å². The molecule has 1 atom stereocenters. The highest BCUT2D eigenvalue weighted by Crippen LogP contribution is 2.31. The third kappa shape index (κ3) is 3.55. The highest BCUT2D eigenvalue weighted by molar-refractivity contribution is 7.89. The molecule has 0 bridgehead atoms. The standard InChI is InChI=1S/C13H17N3O5S/c1-21-13(18)9-2-3-11(10(14)5-9)16-6-8(4-12(16)17)7-22(15,19)20/h2-3,5,8H,4,6-7,14H2,1H3,(H2,15,19,20). The Morgan fingerprint density at radius 3 is 2.68 bits per heavy atom. The molecule has 1 saturated heterocycles. The second kappa shape index (κ2) is 5.93. The summed E-state index contributed by atoms with van der Waals surface area (Å²) in [6.07, 6.45) is 0.0919. The van der Waals surface area contributed by atoms with Gasteiger partial charge < -0.3 is 15.4 Å². The van der Waals surface area contributed by atoms with E-state index >= 15 is 0 Å². The number of sulfonamides is 1. The molecule has 0 aromatic heterocycles. The van der Waals surface area contributed by atoms with Crippen LogP contribution in [0.4, 0.5) is 11.4 Å². The summed E-state index contributed by atoms with van der Waals surface area (Å²) in [4.78, 5) is 24.9. The van der Waals surface area contributed by atoms with Crippen LogP contribution in [0.25, 0.3) is 0 Å². The Labute approximate surface area is 128 Å². The zero-order valence-corrected chi connectivity index (χ0v) is 12.8. The molecule has 1 unspecified atom stereocenters. The smallest absolute Gasteiger partial charge is 0.337 e. The first-order valence-electron chi connectivity index (χ1n) is 6.50. The molecule has 1 aliphatic heterocycles. The third-order valence-electron chi connectivity index (χ3n) is 3.41. The molecule has 9 heteroatoms. The average Bonchev–Trinajstić information content (AvgIpc) is 2.76. The molecule has 1 aliphatic rings. The number of amides is 1. The van der Waals surface area contributed by atoms with Crippen LogP contribution >= 0.6 is 0 Å². The number of carbonyl (C=O) groups is 2. The number of esters is 1. The van der Waals surface area contributed by atoms with Gasteiger partial charge >= 0.3 is 5.97 Å². The van der Waals surface area contributed by atoms with Crippen molar-refractivity contribution in [3.63, 3.8) is 0 Å². The first kappa shape index (κ1) is 16.2. The van der Waals surface area contributed by atoms with Crippen molar-refractivity contribution in [2.24, 2.45) is 11.1 Å². The molecular weight excluding hydrogens is 310 g/mol. The summed E-state index contributed by atoms with van der Waals surface area (Å²) < 4.78 is 26.9. The second-order valence-corrected chi connectivity index (χ2v) is 6.83. The van der Waals surface area contributed by atoms with Gasteiger partial charge in [0.1, 0.15) is 0 Å². The van der Waals surface area contributed by atoms with Crippen molar-refractivity contribution in [1.29, 1.82) is 0 Å². The Hall–Kier alpha value is -2.13. The van der Waals surface area contributed by atoms with E-state index < -0.39 is 16.0 Å². The lowest BCUT2D eigenvalue weighted by atomic mass is 10.1. The fourth-order valence-corrected chi connectivity index (χ4v) is 3.38. The van der Waals surface area contributed by atoms with Crippen LogP contribution in [0.2, 0.25) is 0 Å². The second-order valence-electron chi connectivity index (χ2n) is 5.17. The summed E-state index contributed by atoms with van der Waals surface area (Å²) in [5, 5.41) is 5.01. The van der Waals surface area contributed by atoms with Crippen LogP contribution in [0.1, 0.15) is 16.8 Å². The lowest BCUT2D eigenvalue weighted by molar-refractivity contribution is -0.117. The van der Waals surface area contributed by atoms with Crippen LogP contribution in [-0.4, -0.2) is 39.7 Å². The van der Waals surface area contributed by atoms with Crippen molar-refractivity contribution in [1.82, 2.24) is 0 Å². The number of hydrogen-bond acceptors (Lipinski definition) is 6. The monoisotopic (exact) mass is 327 g/mol. The van der Waals surface area contributed by atoms with Crippen LogP contribution in [-0.2, 0) is 19.6 Å². The number of rotatable bonds is 4. The molecule has 1 amide bonds. The molecular formula is C13H17N3O5S. The number of carbonyl (C=O) groups excluding carboxylic acids is 2. The maximum absolute atomic E-state index is 12.0. The lowest BCUT2D eigenvalue weighted by Crippen LogP contribution is -2.28. The van der Waals surface area contributed by atoms with E-state index in [1.807, 2.05) is 0 Å². The van der Waals surface area contributed by atoms with Gasteiger partial charge in [0.15, 0.2) is 0 Å². The van der Waals surface area contributed by atoms with E-state index in [1.165, 1.54) is 24.1 Å². The third-order valence-corrected chi connectivity index (χ3v) is 4.35. The summed E-state index contributed by atoms with van der Waals surface area (Å²) >= 11 is 0. The topological polar surface area (TPSA) is 133 Å². The molecule has 120 valence electrons. The molecule has 1 aromatic rings. The minimum absolute atomic E-state index is 0.0919. The van der Waals surface area contributed by atoms with Gasteiger partial charge in [-0.25, -0.2) is 18.4 Å². The SMILES string of the molecule is COC(=O)c1ccc(N2CC(CS(N)(=O)=O)CC2=O)c(N)c1. The summed E-state index contributed by atoms with van der Waals surface area (Å²) in [5.41, 5.74) is 6.84. The number of benzene rings is 1. The fraction of sp³-hybridized carbons (Fsp3) is 0.385. The Balaban J connectivity index is 2.22. The predicted molar refractivity (Wildman–Crippen MR) is 80.6 cm³/mol. The summed E-state index contributed by atoms with van der Waals surface area (Å²) in [6, 6.07) is 4.46. The largest absolute Gasteiger partial charge is 0.465 e. The summed E-state index contributed by atoms with van der Waals surface area (Å²) in [5.74, 6) is -1.39. The zero-order chi connectivity index (χ0) is 16.5. The average molecular weight is 327 g/mol. The molecule has 2 rings (SSSR count). The Morgan fingerprint density at radius 1 is 1.45 bits per heavy atom. The van der Waals surface area contributed by atoms with Gasteiger partial charge in [0.25, 0.3) is 0 Å². The number of ether oxygens (including phenoxy) is 1. The summed E-state index contributed by atoms with van der Waals surface area (Å²) in [7, 11) is -2.38. The molecule has 1 fully saturated rings. The van der Waals surface area contributed by atoms with Gasteiger partial charge in [-0.15, -0.1) is 0 Å². The number of nitrogens with two attached hydrogens (primary N) is 2. The Kier molecular flexibility index (Phi) is 4.38. The number of nitrogen functional groups attached to an aromatic ring is 1. The van der Waals surface area contributed by atoms with E-state index in [4.69, 9.17) is 10.9 Å². The maximum Gasteiger partial charge on any atom is 0.337 e. The quantitative estimate of drug-likeness (QED) is 0.576. The number of nitrogens with zero attached hydrogens (tertiary/aromatic N) is 1. The normalized spacial score (nSPS) is 18.5. The number of primary sulfonamides is 1. The zero-order valence-electron chi connectivity index (χ0n) is 12.0. The van der Waals surface area contributed by atoms with Gasteiger partial charge in [0.2, 0.25) is 15.9 Å². The van der Waals surface area contributed by atoms with Crippen molar-refractivity contribution < 1.29 is 22.7 Å². The fourth-order valence-electron chi connectivity index (χ4n) is 2.50. The predicted octanol–water partition coefficient (Wildman–Crippen LogP) is -0.303. The van der Waals surface area contributed by atoms with Crippen molar-refractivity contribution in [3.8, 4) is 0 Å². The van der Waals surface area contributed by atoms with E-state index in [2.05, 4.69) is 4.74 Å². The molecule has 22 heavy (non-hydrogen) atoms. The van der Waals surface area contributed by atoms with Crippen molar-refractivity contribution in [3.05, 3.63) is 23.8 Å². The molecule has 8 nitrogen and oxygen atoms in total. The maximum atomic E-state index is 12.0. The number of hydrogen-bond donors (Lipinski definition) is 2. The molecule has 0 saturated carbocycles. The number of methoxy groups -OCH3 is 1. The highest BCUT2D eigenvalue weighted by Gasteiger charge is 2.33. The van der Waals surface area contributed by atoms with Crippen LogP contribution < -0.4 is 15.8 Å². The van der Waals surface area contributed by atoms with Gasteiger partial charge in [-0.1, -0.05) is 0 Å². The van der Waals surface area contributed by atoms with Crippen molar-refractivity contribution in [2.45, 2.75) is 6.42 Å². The molecule has 0 radical (unpaired) electrons. The minimum atomic E-state index is -3.64. The molecule has 0 aliphatic carbocycles. The molecule has 4 N–H and O–H groups in total. The first-order valence-corrected chi connectivity index (χ1v) is 8.21. The van der Waals surface area contributed by atoms with Crippen LogP contribution in [0, 0.1) is 5.92 Å². The van der Waals surface area contributed by atoms with Crippen molar-refractivity contribution >= 4 is 33.3 Å². The highest BCUT2D eigenvalue weighted by atomic mass is 32.2.